The van der Waals surface area contributed by atoms with Crippen LogP contribution in [0.4, 0.5) is 0 Å². The summed E-state index contributed by atoms with van der Waals surface area (Å²) in [4.78, 5) is 25.6. The summed E-state index contributed by atoms with van der Waals surface area (Å²) in [6.07, 6.45) is -5.80. The molecule has 1 aliphatic heterocycles. The maximum Gasteiger partial charge on any atom is 0.331 e. The number of phenolic OH excluding ortho intramolecular Hbond substituents is 4. The second-order valence-electron chi connectivity index (χ2n) is 9.20. The van der Waals surface area contributed by atoms with Crippen molar-refractivity contribution in [3.8, 4) is 23.0 Å². The molecule has 0 spiro atoms. The van der Waals surface area contributed by atoms with Crippen molar-refractivity contribution in [2.24, 2.45) is 0 Å². The standard InChI is InChI=1S/C28H24O12/c29-11-19-27(40-20(33)7-6-12-4-2-1-3-5-12)25(36)26(37)28(39-19)21-16(32)10-18-22(24(21)35)23(34)13-8-14(30)15(31)9-17(13)38-18/h1-10,19,25-32,35-37H,11H2. The number of rotatable bonds is 5. The number of phenols is 4. The predicted octanol–water partition coefficient (Wildman–Crippen LogP) is 1.55. The van der Waals surface area contributed by atoms with Crippen molar-refractivity contribution in [3.63, 3.8) is 0 Å². The van der Waals surface area contributed by atoms with Gasteiger partial charge in [0, 0.05) is 18.2 Å². The van der Waals surface area contributed by atoms with Gasteiger partial charge in [-0.2, -0.15) is 0 Å². The number of aromatic hydroxyl groups is 4. The first kappa shape index (κ1) is 27.0. The number of carbonyl (C=O) groups excluding carboxylic acids is 1. The van der Waals surface area contributed by atoms with Crippen LogP contribution in [-0.2, 0) is 14.3 Å². The van der Waals surface area contributed by atoms with Crippen LogP contribution < -0.4 is 5.43 Å². The van der Waals surface area contributed by atoms with Gasteiger partial charge >= 0.3 is 5.97 Å². The highest BCUT2D eigenvalue weighted by molar-refractivity contribution is 5.96. The Labute approximate surface area is 224 Å². The Balaban J connectivity index is 1.49. The summed E-state index contributed by atoms with van der Waals surface area (Å²) in [5.74, 6) is -3.61. The minimum atomic E-state index is -1.90. The van der Waals surface area contributed by atoms with Crippen LogP contribution in [0, 0.1) is 0 Å². The van der Waals surface area contributed by atoms with E-state index in [1.165, 1.54) is 6.08 Å². The predicted molar refractivity (Wildman–Crippen MR) is 139 cm³/mol. The Bertz CT molecular complexity index is 1670. The first-order valence-electron chi connectivity index (χ1n) is 12.0. The molecule has 2 heterocycles. The zero-order valence-electron chi connectivity index (χ0n) is 20.5. The Kier molecular flexibility index (Phi) is 7.08. The van der Waals surface area contributed by atoms with Gasteiger partial charge in [-0.1, -0.05) is 30.3 Å². The van der Waals surface area contributed by atoms with Gasteiger partial charge in [0.05, 0.1) is 17.6 Å². The third kappa shape index (κ3) is 4.69. The van der Waals surface area contributed by atoms with E-state index >= 15 is 0 Å². The number of carbonyl (C=O) groups is 1. The quantitative estimate of drug-likeness (QED) is 0.0814. The van der Waals surface area contributed by atoms with Crippen molar-refractivity contribution in [2.75, 3.05) is 6.61 Å². The SMILES string of the molecule is O=C(C=Cc1ccccc1)OC1C(CO)OC(c2c(O)cc3oc4cc(O)c(O)cc4c(=O)c3c2O)C(O)C1O. The lowest BCUT2D eigenvalue weighted by molar-refractivity contribution is -0.240. The number of benzene rings is 3. The molecule has 12 nitrogen and oxygen atoms in total. The molecule has 4 aromatic rings. The molecule has 0 radical (unpaired) electrons. The fourth-order valence-electron chi connectivity index (χ4n) is 4.67. The smallest absolute Gasteiger partial charge is 0.331 e. The van der Waals surface area contributed by atoms with Crippen molar-refractivity contribution in [2.45, 2.75) is 30.5 Å². The van der Waals surface area contributed by atoms with Crippen molar-refractivity contribution in [1.82, 2.24) is 0 Å². The van der Waals surface area contributed by atoms with Gasteiger partial charge in [-0.3, -0.25) is 4.79 Å². The lowest BCUT2D eigenvalue weighted by Gasteiger charge is -2.41. The lowest BCUT2D eigenvalue weighted by atomic mass is 9.89. The van der Waals surface area contributed by atoms with Gasteiger partial charge in [-0.25, -0.2) is 4.79 Å². The zero-order chi connectivity index (χ0) is 28.7. The largest absolute Gasteiger partial charge is 0.507 e. The third-order valence-electron chi connectivity index (χ3n) is 6.66. The minimum Gasteiger partial charge on any atom is -0.507 e. The number of fused-ring (bicyclic) bond motifs is 2. The normalized spacial score (nSPS) is 23.1. The summed E-state index contributed by atoms with van der Waals surface area (Å²) in [6, 6.07) is 11.7. The molecule has 0 bridgehead atoms. The first-order chi connectivity index (χ1) is 19.1. The van der Waals surface area contributed by atoms with Gasteiger partial charge < -0.3 is 49.6 Å². The van der Waals surface area contributed by atoms with E-state index in [9.17, 15) is 45.3 Å². The number of hydrogen-bond acceptors (Lipinski definition) is 12. The Morgan fingerprint density at radius 2 is 1.60 bits per heavy atom. The van der Waals surface area contributed by atoms with Gasteiger partial charge in [0.25, 0.3) is 0 Å². The molecule has 3 aromatic carbocycles. The molecule has 0 saturated carbocycles. The monoisotopic (exact) mass is 552 g/mol. The van der Waals surface area contributed by atoms with Crippen molar-refractivity contribution >= 4 is 34.0 Å². The average molecular weight is 552 g/mol. The summed E-state index contributed by atoms with van der Waals surface area (Å²) < 4.78 is 16.4. The molecular weight excluding hydrogens is 528 g/mol. The van der Waals surface area contributed by atoms with E-state index in [0.717, 1.165) is 24.3 Å². The van der Waals surface area contributed by atoms with Crippen LogP contribution >= 0.6 is 0 Å². The molecule has 1 saturated heterocycles. The zero-order valence-corrected chi connectivity index (χ0v) is 20.5. The molecule has 5 unspecified atom stereocenters. The topological polar surface area (TPSA) is 207 Å². The summed E-state index contributed by atoms with van der Waals surface area (Å²) >= 11 is 0. The fourth-order valence-corrected chi connectivity index (χ4v) is 4.67. The summed E-state index contributed by atoms with van der Waals surface area (Å²) in [5, 5.41) is 72.2. The second kappa shape index (κ2) is 10.5. The van der Waals surface area contributed by atoms with E-state index in [1.807, 2.05) is 0 Å². The molecule has 1 fully saturated rings. The molecule has 40 heavy (non-hydrogen) atoms. The van der Waals surface area contributed by atoms with Crippen LogP contribution in [0.15, 0.2) is 63.8 Å². The number of aliphatic hydroxyl groups is 3. The highest BCUT2D eigenvalue weighted by Crippen LogP contribution is 2.45. The number of esters is 1. The van der Waals surface area contributed by atoms with Gasteiger partial charge in [0.15, 0.2) is 17.6 Å². The van der Waals surface area contributed by atoms with E-state index in [1.54, 1.807) is 30.3 Å². The van der Waals surface area contributed by atoms with Gasteiger partial charge in [-0.15, -0.1) is 0 Å². The van der Waals surface area contributed by atoms with E-state index in [-0.39, 0.29) is 16.6 Å². The van der Waals surface area contributed by atoms with E-state index in [2.05, 4.69) is 0 Å². The molecule has 7 N–H and O–H groups in total. The summed E-state index contributed by atoms with van der Waals surface area (Å²) in [7, 11) is 0. The fraction of sp³-hybridized carbons (Fsp3) is 0.214. The van der Waals surface area contributed by atoms with E-state index < -0.39 is 82.5 Å². The van der Waals surface area contributed by atoms with Crippen molar-refractivity contribution in [3.05, 3.63) is 76.0 Å². The molecule has 0 aliphatic carbocycles. The van der Waals surface area contributed by atoms with E-state index in [4.69, 9.17) is 13.9 Å². The van der Waals surface area contributed by atoms with Gasteiger partial charge in [0.2, 0.25) is 5.43 Å². The van der Waals surface area contributed by atoms with E-state index in [0.29, 0.717) is 5.56 Å². The number of aliphatic hydroxyl groups excluding tert-OH is 3. The van der Waals surface area contributed by atoms with Crippen LogP contribution in [0.5, 0.6) is 23.0 Å². The third-order valence-corrected chi connectivity index (χ3v) is 6.66. The highest BCUT2D eigenvalue weighted by Gasteiger charge is 2.48. The van der Waals surface area contributed by atoms with Crippen LogP contribution in [0.2, 0.25) is 0 Å². The van der Waals surface area contributed by atoms with Crippen LogP contribution in [0.1, 0.15) is 17.2 Å². The first-order valence-corrected chi connectivity index (χ1v) is 12.0. The molecule has 5 rings (SSSR count). The van der Waals surface area contributed by atoms with Crippen molar-refractivity contribution in [1.29, 1.82) is 0 Å². The summed E-state index contributed by atoms with van der Waals surface area (Å²) in [6.45, 7) is -0.786. The Hall–Kier alpha value is -4.62. The molecule has 5 atom stereocenters. The van der Waals surface area contributed by atoms with Crippen LogP contribution in [0.3, 0.4) is 0 Å². The lowest BCUT2D eigenvalue weighted by Crippen LogP contribution is -2.56. The summed E-state index contributed by atoms with van der Waals surface area (Å²) in [5.41, 5.74) is -1.07. The number of hydrogen-bond donors (Lipinski definition) is 7. The second-order valence-corrected chi connectivity index (χ2v) is 9.20. The molecule has 1 aromatic heterocycles. The molecule has 12 heteroatoms. The Morgan fingerprint density at radius 1 is 0.925 bits per heavy atom. The average Bonchev–Trinajstić information content (AvgIpc) is 2.93. The van der Waals surface area contributed by atoms with Crippen molar-refractivity contribution < 1.29 is 54.4 Å². The maximum absolute atomic E-state index is 13.2. The minimum absolute atomic E-state index is 0.143. The van der Waals surface area contributed by atoms with Gasteiger partial charge in [0.1, 0.15) is 52.5 Å². The molecule has 208 valence electrons. The molecule has 1 aliphatic rings. The maximum atomic E-state index is 13.2. The molecular formula is C28H24O12. The van der Waals surface area contributed by atoms with Crippen LogP contribution in [-0.4, -0.2) is 72.7 Å². The Morgan fingerprint density at radius 3 is 2.30 bits per heavy atom. The highest BCUT2D eigenvalue weighted by atomic mass is 16.6. The number of ether oxygens (including phenoxy) is 2. The molecule has 0 amide bonds. The van der Waals surface area contributed by atoms with Crippen LogP contribution in [0.25, 0.3) is 28.0 Å². The van der Waals surface area contributed by atoms with Gasteiger partial charge in [-0.05, 0) is 17.7 Å².